The van der Waals surface area contributed by atoms with E-state index in [0.29, 0.717) is 52.3 Å². The lowest BCUT2D eigenvalue weighted by Gasteiger charge is -2.27. The minimum atomic E-state index is -4.86. The number of fused-ring (bicyclic) bond motifs is 2. The highest BCUT2D eigenvalue weighted by molar-refractivity contribution is 7.86. The molecule has 3 amide bonds. The molecule has 0 bridgehead atoms. The molecule has 5 rings (SSSR count). The molecule has 1 N–H and O–H groups in total. The number of anilines is 1. The van der Waals surface area contributed by atoms with Crippen LogP contribution in [0.2, 0.25) is 0 Å². The molecule has 2 aromatic rings. The second-order valence-electron chi connectivity index (χ2n) is 16.4. The van der Waals surface area contributed by atoms with E-state index in [4.69, 9.17) is 4.74 Å². The number of allylic oxidation sites excluding steroid dienone is 8. The lowest BCUT2D eigenvalue weighted by atomic mass is 9.81. The second kappa shape index (κ2) is 20.0. The zero-order chi connectivity index (χ0) is 49.0. The van der Waals surface area contributed by atoms with Crippen LogP contribution in [-0.2, 0) is 70.4 Å². The van der Waals surface area contributed by atoms with Crippen molar-refractivity contribution in [2.75, 3.05) is 55.8 Å². The summed E-state index contributed by atoms with van der Waals surface area (Å²) in [5.74, 6) is -3.05. The zero-order valence-corrected chi connectivity index (χ0v) is 39.4. The lowest BCUT2D eigenvalue weighted by Crippen LogP contribution is -2.39. The summed E-state index contributed by atoms with van der Waals surface area (Å²) in [6, 6.07) is 7.34. The molecule has 3 aliphatic rings. The van der Waals surface area contributed by atoms with Gasteiger partial charge in [0.15, 0.2) is 12.3 Å². The van der Waals surface area contributed by atoms with E-state index < -0.39 is 90.3 Å². The first kappa shape index (κ1) is 51.8. The van der Waals surface area contributed by atoms with Gasteiger partial charge in [0.1, 0.15) is 37.0 Å². The van der Waals surface area contributed by atoms with Crippen LogP contribution in [0.1, 0.15) is 51.7 Å². The largest absolute Gasteiger partial charge is 0.748 e. The summed E-state index contributed by atoms with van der Waals surface area (Å²) in [4.78, 5) is 37.4. The van der Waals surface area contributed by atoms with Crippen molar-refractivity contribution in [3.05, 3.63) is 107 Å². The summed E-state index contributed by atoms with van der Waals surface area (Å²) >= 11 is 0. The lowest BCUT2D eigenvalue weighted by molar-refractivity contribution is -0.432. The molecule has 66 heavy (non-hydrogen) atoms. The Labute approximate surface area is 383 Å². The molecule has 3 aliphatic heterocycles. The van der Waals surface area contributed by atoms with Gasteiger partial charge in [-0.3, -0.25) is 19.3 Å². The van der Waals surface area contributed by atoms with E-state index in [2.05, 4.69) is 5.32 Å². The maximum Gasteiger partial charge on any atom is 0.253 e. The smallest absolute Gasteiger partial charge is 0.253 e. The fraction of sp³-hybridized carbons (Fsp3) is 0.381. The molecule has 0 saturated carbocycles. The highest BCUT2D eigenvalue weighted by atomic mass is 32.2. The molecule has 20 nitrogen and oxygen atoms in total. The molecule has 0 aliphatic carbocycles. The third-order valence-electron chi connectivity index (χ3n) is 11.1. The molecule has 24 heteroatoms. The Morgan fingerprint density at radius 3 is 1.98 bits per heavy atom. The Bertz CT molecular complexity index is 2930. The number of hydrogen-bond acceptors (Lipinski definition) is 17. The number of amides is 3. The summed E-state index contributed by atoms with van der Waals surface area (Å²) < 4.78 is 149. The van der Waals surface area contributed by atoms with Gasteiger partial charge in [-0.15, -0.1) is 0 Å². The van der Waals surface area contributed by atoms with Crippen LogP contribution in [0.5, 0.6) is 0 Å². The van der Waals surface area contributed by atoms with Gasteiger partial charge in [0.25, 0.3) is 11.8 Å². The number of ether oxygens (including phenoxy) is 1. The second-order valence-corrected chi connectivity index (χ2v) is 22.2. The van der Waals surface area contributed by atoms with Crippen molar-refractivity contribution in [1.82, 2.24) is 10.2 Å². The zero-order valence-electron chi connectivity index (χ0n) is 36.2. The molecule has 358 valence electrons. The monoisotopic (exact) mass is 991 g/mol. The Morgan fingerprint density at radius 2 is 1.38 bits per heavy atom. The molecule has 3 heterocycles. The Kier molecular flexibility index (Phi) is 15.7. The van der Waals surface area contributed by atoms with Gasteiger partial charge in [-0.2, -0.15) is 4.58 Å². The molecule has 0 radical (unpaired) electrons. The van der Waals surface area contributed by atoms with Crippen molar-refractivity contribution >= 4 is 75.3 Å². The first-order valence-corrected chi connectivity index (χ1v) is 26.1. The number of imide groups is 1. The van der Waals surface area contributed by atoms with Crippen LogP contribution >= 0.6 is 0 Å². The average molecular weight is 992 g/mol. The molecule has 0 fully saturated rings. The van der Waals surface area contributed by atoms with Crippen molar-refractivity contribution in [2.24, 2.45) is 0 Å². The fourth-order valence-electron chi connectivity index (χ4n) is 7.81. The number of carbonyl (C=O) groups excluding carboxylic acids is 3. The standard InChI is InChI=1S/C42H50N4O16S4/c1-41(2)32-26-30(65(56,57)58)13-15-34(32)44(21-24-63(50,51)52)36(41)11-5-8-29(10-7-23-62-28-38(47)43-19-20-46-39(48)17-18-40(46)49)9-6-12-37-42(3,4)33-27-31(66(59,60)61)14-16-35(33)45(37)22-25-64(53,54)55/h5-6,8-9,11-18,26-27H,7,10,19-25,28H2,1-4H3,(H4-,43,47,50,51,52,53,54,55,56,57,58,59,60,61)/p-3. The van der Waals surface area contributed by atoms with E-state index in [1.165, 1.54) is 24.3 Å². The van der Waals surface area contributed by atoms with E-state index in [1.54, 1.807) is 73.6 Å². The predicted octanol–water partition coefficient (Wildman–Crippen LogP) is 1.52. The molecule has 0 atom stereocenters. The first-order valence-electron chi connectivity index (χ1n) is 20.2. The van der Waals surface area contributed by atoms with Crippen LogP contribution in [0.3, 0.4) is 0 Å². The molecule has 0 spiro atoms. The van der Waals surface area contributed by atoms with Crippen molar-refractivity contribution in [3.8, 4) is 0 Å². The van der Waals surface area contributed by atoms with Gasteiger partial charge in [0.2, 0.25) is 11.6 Å². The predicted molar refractivity (Wildman–Crippen MR) is 234 cm³/mol. The van der Waals surface area contributed by atoms with Crippen molar-refractivity contribution < 1.29 is 75.6 Å². The van der Waals surface area contributed by atoms with E-state index in [0.717, 1.165) is 29.2 Å². The van der Waals surface area contributed by atoms with Crippen LogP contribution in [0, 0.1) is 0 Å². The third-order valence-corrected chi connectivity index (χ3v) is 14.1. The normalized spacial score (nSPS) is 18.1. The minimum absolute atomic E-state index is 0.00965. The number of hydrogen-bond donors (Lipinski definition) is 1. The van der Waals surface area contributed by atoms with E-state index in [-0.39, 0.29) is 39.4 Å². The highest BCUT2D eigenvalue weighted by Crippen LogP contribution is 2.48. The molecule has 0 saturated heterocycles. The van der Waals surface area contributed by atoms with E-state index >= 15 is 0 Å². The maximum absolute atomic E-state index is 12.4. The average Bonchev–Trinajstić information content (AvgIpc) is 3.72. The summed E-state index contributed by atoms with van der Waals surface area (Å²) in [6.07, 6.45) is 12.8. The van der Waals surface area contributed by atoms with Crippen LogP contribution in [0.4, 0.5) is 11.4 Å². The number of nitrogens with one attached hydrogen (secondary N) is 1. The van der Waals surface area contributed by atoms with Gasteiger partial charge in [0, 0.05) is 72.9 Å². The van der Waals surface area contributed by atoms with Crippen LogP contribution in [0.25, 0.3) is 0 Å². The van der Waals surface area contributed by atoms with Crippen molar-refractivity contribution in [2.45, 2.75) is 61.2 Å². The Balaban J connectivity index is 1.45. The van der Waals surface area contributed by atoms with Gasteiger partial charge in [0.05, 0.1) is 36.8 Å². The van der Waals surface area contributed by atoms with Crippen LogP contribution in [-0.4, -0.2) is 136 Å². The van der Waals surface area contributed by atoms with Crippen molar-refractivity contribution in [3.63, 3.8) is 0 Å². The number of rotatable bonds is 21. The van der Waals surface area contributed by atoms with Crippen LogP contribution < -0.4 is 10.2 Å². The summed E-state index contributed by atoms with van der Waals surface area (Å²) in [5, 5.41) is 2.57. The number of carbonyl (C=O) groups is 3. The minimum Gasteiger partial charge on any atom is -0.748 e. The van der Waals surface area contributed by atoms with E-state index in [1.807, 2.05) is 0 Å². The molecular formula is C42H47N4O16S4-3. The fourth-order valence-corrected chi connectivity index (χ4v) is 9.62. The summed E-state index contributed by atoms with van der Waals surface area (Å²) in [7, 11) is -19.1. The summed E-state index contributed by atoms with van der Waals surface area (Å²) in [6.45, 7) is 6.06. The Hall–Kier alpha value is -5.18. The van der Waals surface area contributed by atoms with Crippen molar-refractivity contribution in [1.29, 1.82) is 0 Å². The number of nitrogens with zero attached hydrogens (tertiary/aromatic N) is 3. The molecule has 0 aromatic heterocycles. The third kappa shape index (κ3) is 12.8. The van der Waals surface area contributed by atoms with Gasteiger partial charge < -0.3 is 33.2 Å². The van der Waals surface area contributed by atoms with Gasteiger partial charge >= 0.3 is 0 Å². The van der Waals surface area contributed by atoms with Gasteiger partial charge in [-0.1, -0.05) is 38.2 Å². The molecular weight excluding hydrogens is 945 g/mol. The topological polar surface area (TPSA) is 311 Å². The van der Waals surface area contributed by atoms with Gasteiger partial charge in [-0.25, -0.2) is 33.7 Å². The Morgan fingerprint density at radius 1 is 0.773 bits per heavy atom. The quantitative estimate of drug-likeness (QED) is 0.0609. The summed E-state index contributed by atoms with van der Waals surface area (Å²) in [5.41, 5.74) is 1.10. The van der Waals surface area contributed by atoms with Crippen LogP contribution in [0.15, 0.2) is 106 Å². The SMILES string of the molecule is CC1(C)C(/C=C/C=C(/C=C/C=C2/N(CCS(=O)(=O)[O-])c3ccc(S(=O)(=O)[O-])cc3C2(C)C)CCCOCC(=O)NCCN2C(=O)C=CC2=O)=[N+](CCS(=O)(=O)[O-])c2ccc(S(=O)(=O)[O-])cc21. The molecule has 0 unspecified atom stereocenters. The van der Waals surface area contributed by atoms with E-state index in [9.17, 15) is 66.3 Å². The maximum atomic E-state index is 12.4. The molecule has 2 aromatic carbocycles. The number of benzene rings is 2. The van der Waals surface area contributed by atoms with Gasteiger partial charge in [-0.05, 0) is 74.2 Å². The first-order chi connectivity index (χ1) is 30.5. The highest BCUT2D eigenvalue weighted by Gasteiger charge is 2.45.